The summed E-state index contributed by atoms with van der Waals surface area (Å²) >= 11 is 0. The topological polar surface area (TPSA) is 49.8 Å². The van der Waals surface area contributed by atoms with Gasteiger partial charge < -0.3 is 10.6 Å². The summed E-state index contributed by atoms with van der Waals surface area (Å²) in [6.07, 6.45) is 1.99. The van der Waals surface area contributed by atoms with Gasteiger partial charge in [-0.3, -0.25) is 0 Å². The molecule has 0 fully saturated rings. The van der Waals surface area contributed by atoms with Crippen LogP contribution in [-0.2, 0) is 0 Å². The average Bonchev–Trinajstić information content (AvgIpc) is 2.44. The molecule has 4 nitrogen and oxygen atoms in total. The molecule has 0 bridgehead atoms. The minimum Gasteiger partial charge on any atom is -0.354 e. The van der Waals surface area contributed by atoms with Gasteiger partial charge in [0.05, 0.1) is 6.20 Å². The number of benzene rings is 1. The molecule has 1 heterocycles. The maximum Gasteiger partial charge on any atom is 0.224 e. The van der Waals surface area contributed by atoms with Crippen LogP contribution in [-0.4, -0.2) is 16.5 Å². The number of anilines is 3. The van der Waals surface area contributed by atoms with Gasteiger partial charge in [-0.2, -0.15) is 4.98 Å². The number of hydrogen-bond donors (Lipinski definition) is 2. The average molecular weight is 278 g/mol. The highest BCUT2D eigenvalue weighted by molar-refractivity contribution is 5.61. The molecule has 1 aromatic carbocycles. The van der Waals surface area contributed by atoms with Crippen LogP contribution in [0.4, 0.5) is 26.2 Å². The van der Waals surface area contributed by atoms with Gasteiger partial charge in [-0.15, -0.1) is 0 Å². The Morgan fingerprint density at radius 3 is 2.75 bits per heavy atom. The van der Waals surface area contributed by atoms with E-state index >= 15 is 0 Å². The van der Waals surface area contributed by atoms with Gasteiger partial charge in [-0.05, 0) is 25.5 Å². The summed E-state index contributed by atoms with van der Waals surface area (Å²) in [5, 5.41) is 5.76. The van der Waals surface area contributed by atoms with E-state index in [1.54, 1.807) is 19.1 Å². The van der Waals surface area contributed by atoms with Gasteiger partial charge in [0.2, 0.25) is 5.95 Å². The third-order valence-electron chi connectivity index (χ3n) is 2.80. The zero-order chi connectivity index (χ0) is 14.5. The van der Waals surface area contributed by atoms with Crippen molar-refractivity contribution < 1.29 is 8.78 Å². The van der Waals surface area contributed by atoms with Gasteiger partial charge in [0.1, 0.15) is 5.82 Å². The van der Waals surface area contributed by atoms with E-state index < -0.39 is 5.82 Å². The molecule has 0 saturated heterocycles. The molecule has 2 aromatic rings. The summed E-state index contributed by atoms with van der Waals surface area (Å²) in [6, 6.07) is 4.57. The van der Waals surface area contributed by atoms with Gasteiger partial charge in [-0.1, -0.05) is 13.0 Å². The lowest BCUT2D eigenvalue weighted by atomic mass is 10.2. The number of nitrogens with one attached hydrogen (secondary N) is 2. The van der Waals surface area contributed by atoms with Crippen LogP contribution in [0.2, 0.25) is 0 Å². The highest BCUT2D eigenvalue weighted by Crippen LogP contribution is 2.23. The Labute approximate surface area is 116 Å². The first-order valence-corrected chi connectivity index (χ1v) is 6.40. The van der Waals surface area contributed by atoms with Crippen LogP contribution in [0.15, 0.2) is 24.4 Å². The van der Waals surface area contributed by atoms with E-state index in [4.69, 9.17) is 0 Å². The lowest BCUT2D eigenvalue weighted by Gasteiger charge is -2.11. The fourth-order valence-corrected chi connectivity index (χ4v) is 1.65. The summed E-state index contributed by atoms with van der Waals surface area (Å²) in [4.78, 5) is 7.89. The summed E-state index contributed by atoms with van der Waals surface area (Å²) in [7, 11) is 0. The predicted molar refractivity (Wildman–Crippen MR) is 75.2 cm³/mol. The van der Waals surface area contributed by atoms with Crippen molar-refractivity contribution >= 4 is 17.5 Å². The van der Waals surface area contributed by atoms with E-state index in [0.29, 0.717) is 23.7 Å². The van der Waals surface area contributed by atoms with Crippen LogP contribution in [0, 0.1) is 18.6 Å². The molecule has 1 aromatic heterocycles. The third-order valence-corrected chi connectivity index (χ3v) is 2.80. The van der Waals surface area contributed by atoms with Crippen molar-refractivity contribution in [3.63, 3.8) is 0 Å². The highest BCUT2D eigenvalue weighted by atomic mass is 19.1. The number of aromatic nitrogens is 2. The molecular weight excluding hydrogens is 262 g/mol. The minimum atomic E-state index is -0.587. The van der Waals surface area contributed by atoms with Gasteiger partial charge in [0.15, 0.2) is 11.6 Å². The van der Waals surface area contributed by atoms with Crippen molar-refractivity contribution in [2.45, 2.75) is 20.3 Å². The maximum absolute atomic E-state index is 13.7. The molecule has 0 aliphatic heterocycles. The van der Waals surface area contributed by atoms with Crippen LogP contribution < -0.4 is 10.6 Å². The first-order valence-electron chi connectivity index (χ1n) is 6.40. The fourth-order valence-electron chi connectivity index (χ4n) is 1.65. The van der Waals surface area contributed by atoms with Crippen LogP contribution in [0.25, 0.3) is 0 Å². The molecule has 106 valence electrons. The molecule has 0 radical (unpaired) electrons. The summed E-state index contributed by atoms with van der Waals surface area (Å²) in [6.45, 7) is 4.32. The van der Waals surface area contributed by atoms with Crippen molar-refractivity contribution in [3.8, 4) is 0 Å². The van der Waals surface area contributed by atoms with Crippen molar-refractivity contribution in [1.29, 1.82) is 0 Å². The summed E-state index contributed by atoms with van der Waals surface area (Å²) in [5.74, 6) is -0.582. The zero-order valence-corrected chi connectivity index (χ0v) is 11.4. The first-order chi connectivity index (χ1) is 9.61. The quantitative estimate of drug-likeness (QED) is 0.877. The standard InChI is InChI=1S/C14H16F2N4/c1-3-7-17-14-18-8-11(16)13(20-14)19-12-6-4-5-10(15)9(12)2/h4-6,8H,3,7H2,1-2H3,(H2,17,18,19,20). The van der Waals surface area contributed by atoms with E-state index in [1.165, 1.54) is 6.07 Å². The predicted octanol–water partition coefficient (Wildman–Crippen LogP) is 3.63. The van der Waals surface area contributed by atoms with E-state index in [1.807, 2.05) is 6.92 Å². The number of hydrogen-bond acceptors (Lipinski definition) is 4. The van der Waals surface area contributed by atoms with Crippen molar-refractivity contribution in [3.05, 3.63) is 41.6 Å². The molecule has 0 aliphatic rings. The van der Waals surface area contributed by atoms with E-state index in [-0.39, 0.29) is 11.6 Å². The minimum absolute atomic E-state index is 0.0207. The SMILES string of the molecule is CCCNc1ncc(F)c(Nc2cccc(F)c2C)n1. The third kappa shape index (κ3) is 3.20. The number of nitrogens with zero attached hydrogens (tertiary/aromatic N) is 2. The molecule has 0 amide bonds. The van der Waals surface area contributed by atoms with Gasteiger partial charge >= 0.3 is 0 Å². The monoisotopic (exact) mass is 278 g/mol. The van der Waals surface area contributed by atoms with Gasteiger partial charge in [0.25, 0.3) is 0 Å². The van der Waals surface area contributed by atoms with Crippen molar-refractivity contribution in [1.82, 2.24) is 9.97 Å². The van der Waals surface area contributed by atoms with E-state index in [2.05, 4.69) is 20.6 Å². The summed E-state index contributed by atoms with van der Waals surface area (Å²) in [5.41, 5.74) is 0.887. The van der Waals surface area contributed by atoms with Gasteiger partial charge in [-0.25, -0.2) is 13.8 Å². The normalized spacial score (nSPS) is 10.4. The highest BCUT2D eigenvalue weighted by Gasteiger charge is 2.10. The molecule has 0 unspecified atom stereocenters. The Morgan fingerprint density at radius 2 is 2.00 bits per heavy atom. The lowest BCUT2D eigenvalue weighted by Crippen LogP contribution is -2.07. The van der Waals surface area contributed by atoms with Crippen LogP contribution >= 0.6 is 0 Å². The van der Waals surface area contributed by atoms with Crippen LogP contribution in [0.3, 0.4) is 0 Å². The smallest absolute Gasteiger partial charge is 0.224 e. The maximum atomic E-state index is 13.7. The largest absolute Gasteiger partial charge is 0.354 e. The Bertz CT molecular complexity index is 602. The first kappa shape index (κ1) is 14.2. The van der Waals surface area contributed by atoms with E-state index in [9.17, 15) is 8.78 Å². The second kappa shape index (κ2) is 6.27. The Kier molecular flexibility index (Phi) is 4.45. The van der Waals surface area contributed by atoms with E-state index in [0.717, 1.165) is 12.6 Å². The fraction of sp³-hybridized carbons (Fsp3) is 0.286. The van der Waals surface area contributed by atoms with Crippen molar-refractivity contribution in [2.24, 2.45) is 0 Å². The molecule has 0 saturated carbocycles. The Morgan fingerprint density at radius 1 is 1.20 bits per heavy atom. The summed E-state index contributed by atoms with van der Waals surface area (Å²) < 4.78 is 27.2. The molecule has 0 atom stereocenters. The molecular formula is C14H16F2N4. The molecule has 20 heavy (non-hydrogen) atoms. The second-order valence-corrected chi connectivity index (χ2v) is 4.35. The molecule has 0 spiro atoms. The zero-order valence-electron chi connectivity index (χ0n) is 11.4. The van der Waals surface area contributed by atoms with Crippen molar-refractivity contribution in [2.75, 3.05) is 17.2 Å². The second-order valence-electron chi connectivity index (χ2n) is 4.35. The number of halogens is 2. The molecule has 0 aliphatic carbocycles. The van der Waals surface area contributed by atoms with Gasteiger partial charge in [0, 0.05) is 17.8 Å². The Hall–Kier alpha value is -2.24. The molecule has 2 N–H and O–H groups in total. The molecule has 2 rings (SSSR count). The molecule has 6 heteroatoms. The van der Waals surface area contributed by atoms with Crippen LogP contribution in [0.1, 0.15) is 18.9 Å². The Balaban J connectivity index is 2.26. The lowest BCUT2D eigenvalue weighted by molar-refractivity contribution is 0.616. The van der Waals surface area contributed by atoms with Crippen LogP contribution in [0.5, 0.6) is 0 Å². The number of rotatable bonds is 5.